The van der Waals surface area contributed by atoms with Crippen molar-refractivity contribution in [2.24, 2.45) is 0 Å². The fourth-order valence-corrected chi connectivity index (χ4v) is 4.41. The highest BCUT2D eigenvalue weighted by Crippen LogP contribution is 2.33. The number of ether oxygens (including phenoxy) is 1. The van der Waals surface area contributed by atoms with Crippen LogP contribution in [0.2, 0.25) is 0 Å². The van der Waals surface area contributed by atoms with Crippen LogP contribution in [-0.4, -0.2) is 33.2 Å². The molecule has 0 fully saturated rings. The van der Waals surface area contributed by atoms with Gasteiger partial charge in [0.15, 0.2) is 9.84 Å². The van der Waals surface area contributed by atoms with Crippen LogP contribution in [0.1, 0.15) is 23.7 Å². The molecule has 1 aliphatic heterocycles. The monoisotopic (exact) mass is 407 g/mol. The first kappa shape index (κ1) is 19.7. The Kier molecular flexibility index (Phi) is 5.43. The zero-order valence-electron chi connectivity index (χ0n) is 16.7. The van der Waals surface area contributed by atoms with Crippen molar-refractivity contribution in [3.05, 3.63) is 83.9 Å². The molecule has 5 heteroatoms. The first-order valence-electron chi connectivity index (χ1n) is 9.74. The third kappa shape index (κ3) is 4.52. The van der Waals surface area contributed by atoms with Crippen molar-refractivity contribution >= 4 is 9.84 Å². The molecule has 1 unspecified atom stereocenters. The minimum absolute atomic E-state index is 0.0130. The number of nitrogens with zero attached hydrogens (tertiary/aromatic N) is 1. The molecule has 29 heavy (non-hydrogen) atoms. The average molecular weight is 408 g/mol. The molecule has 0 bridgehead atoms. The molecule has 0 amide bonds. The van der Waals surface area contributed by atoms with E-state index in [1.165, 1.54) is 17.4 Å². The summed E-state index contributed by atoms with van der Waals surface area (Å²) in [5, 5.41) is 0. The second-order valence-electron chi connectivity index (χ2n) is 7.66. The third-order valence-electron chi connectivity index (χ3n) is 5.34. The van der Waals surface area contributed by atoms with Crippen molar-refractivity contribution in [2.75, 3.05) is 19.8 Å². The lowest BCUT2D eigenvalue weighted by atomic mass is 9.96. The second-order valence-corrected chi connectivity index (χ2v) is 9.67. The van der Waals surface area contributed by atoms with Gasteiger partial charge in [-0.3, -0.25) is 0 Å². The summed E-state index contributed by atoms with van der Waals surface area (Å²) >= 11 is 0. The lowest BCUT2D eigenvalue weighted by molar-refractivity contribution is 0.182. The Morgan fingerprint density at radius 1 is 0.931 bits per heavy atom. The van der Waals surface area contributed by atoms with E-state index >= 15 is 0 Å². The average Bonchev–Trinajstić information content (AvgIpc) is 2.86. The summed E-state index contributed by atoms with van der Waals surface area (Å²) in [5.41, 5.74) is 4.55. The van der Waals surface area contributed by atoms with E-state index in [9.17, 15) is 8.42 Å². The number of sulfone groups is 1. The van der Waals surface area contributed by atoms with Gasteiger partial charge >= 0.3 is 0 Å². The van der Waals surface area contributed by atoms with Gasteiger partial charge in [0, 0.05) is 25.8 Å². The van der Waals surface area contributed by atoms with E-state index in [0.29, 0.717) is 4.90 Å². The predicted octanol–water partition coefficient (Wildman–Crippen LogP) is 4.71. The van der Waals surface area contributed by atoms with Crippen molar-refractivity contribution in [1.82, 2.24) is 4.90 Å². The van der Waals surface area contributed by atoms with Crippen LogP contribution >= 0.6 is 0 Å². The fraction of sp³-hybridized carbons (Fsp3) is 0.250. The van der Waals surface area contributed by atoms with E-state index in [1.807, 2.05) is 42.5 Å². The van der Waals surface area contributed by atoms with Crippen LogP contribution in [0.5, 0.6) is 5.75 Å². The first-order valence-corrected chi connectivity index (χ1v) is 11.6. The molecule has 1 heterocycles. The molecule has 150 valence electrons. The Hall–Kier alpha value is -2.63. The standard InChI is InChI=1S/C24H25NO3S/c1-25-15-14-24(28-21-6-4-3-5-7-21)23-13-10-19(16-20(23)17-25)18-8-11-22(12-9-18)29(2,26)27/h3-13,16,24H,14-15,17H2,1-2H3. The van der Waals surface area contributed by atoms with Crippen molar-refractivity contribution in [2.45, 2.75) is 24.0 Å². The molecule has 1 aliphatic rings. The van der Waals surface area contributed by atoms with Crippen LogP contribution in [0, 0.1) is 0 Å². The highest BCUT2D eigenvalue weighted by atomic mass is 32.2. The highest BCUT2D eigenvalue weighted by Gasteiger charge is 2.23. The van der Waals surface area contributed by atoms with Gasteiger partial charge in [0.1, 0.15) is 11.9 Å². The summed E-state index contributed by atoms with van der Waals surface area (Å²) in [4.78, 5) is 2.65. The molecular weight excluding hydrogens is 382 g/mol. The van der Waals surface area contributed by atoms with Gasteiger partial charge in [-0.2, -0.15) is 0 Å². The van der Waals surface area contributed by atoms with Crippen LogP contribution < -0.4 is 4.74 Å². The Balaban J connectivity index is 1.67. The topological polar surface area (TPSA) is 46.6 Å². The Morgan fingerprint density at radius 3 is 2.31 bits per heavy atom. The summed E-state index contributed by atoms with van der Waals surface area (Å²) in [6, 6.07) is 23.5. The Morgan fingerprint density at radius 2 is 1.62 bits per heavy atom. The van der Waals surface area contributed by atoms with Crippen LogP contribution in [0.4, 0.5) is 0 Å². The van der Waals surface area contributed by atoms with Gasteiger partial charge in [0.2, 0.25) is 0 Å². The van der Waals surface area contributed by atoms with E-state index in [1.54, 1.807) is 12.1 Å². The van der Waals surface area contributed by atoms with Gasteiger partial charge in [-0.1, -0.05) is 42.5 Å². The maximum Gasteiger partial charge on any atom is 0.175 e. The van der Waals surface area contributed by atoms with E-state index in [-0.39, 0.29) is 6.10 Å². The summed E-state index contributed by atoms with van der Waals surface area (Å²) in [7, 11) is -1.06. The quantitative estimate of drug-likeness (QED) is 0.628. The Labute approximate surface area is 172 Å². The first-order chi connectivity index (χ1) is 13.9. The molecule has 0 aliphatic carbocycles. The molecule has 0 saturated heterocycles. The van der Waals surface area contributed by atoms with E-state index < -0.39 is 9.84 Å². The number of hydrogen-bond acceptors (Lipinski definition) is 4. The van der Waals surface area contributed by atoms with Gasteiger partial charge in [-0.25, -0.2) is 8.42 Å². The van der Waals surface area contributed by atoms with Crippen LogP contribution in [0.25, 0.3) is 11.1 Å². The molecule has 0 aromatic heterocycles. The molecule has 0 spiro atoms. The maximum absolute atomic E-state index is 11.7. The maximum atomic E-state index is 11.7. The fourth-order valence-electron chi connectivity index (χ4n) is 3.78. The molecule has 3 aromatic carbocycles. The Bertz CT molecular complexity index is 1090. The van der Waals surface area contributed by atoms with Crippen LogP contribution in [-0.2, 0) is 16.4 Å². The summed E-state index contributed by atoms with van der Waals surface area (Å²) < 4.78 is 29.7. The van der Waals surface area contributed by atoms with Gasteiger partial charge in [0.25, 0.3) is 0 Å². The zero-order valence-corrected chi connectivity index (χ0v) is 17.5. The van der Waals surface area contributed by atoms with Gasteiger partial charge < -0.3 is 9.64 Å². The molecule has 0 radical (unpaired) electrons. The van der Waals surface area contributed by atoms with Gasteiger partial charge in [-0.15, -0.1) is 0 Å². The van der Waals surface area contributed by atoms with E-state index in [0.717, 1.165) is 36.4 Å². The lowest BCUT2D eigenvalue weighted by Crippen LogP contribution is -2.18. The normalized spacial score (nSPS) is 17.4. The summed E-state index contributed by atoms with van der Waals surface area (Å²) in [5.74, 6) is 0.883. The lowest BCUT2D eigenvalue weighted by Gasteiger charge is -2.20. The van der Waals surface area contributed by atoms with Crippen molar-refractivity contribution < 1.29 is 13.2 Å². The molecule has 0 saturated carbocycles. The molecule has 4 nitrogen and oxygen atoms in total. The number of hydrogen-bond donors (Lipinski definition) is 0. The summed E-state index contributed by atoms with van der Waals surface area (Å²) in [6.45, 7) is 1.82. The van der Waals surface area contributed by atoms with Crippen molar-refractivity contribution in [3.63, 3.8) is 0 Å². The smallest absolute Gasteiger partial charge is 0.175 e. The SMILES string of the molecule is CN1CCC(Oc2ccccc2)c2ccc(-c3ccc(S(C)(=O)=O)cc3)cc2C1. The molecule has 1 atom stereocenters. The number of rotatable bonds is 4. The largest absolute Gasteiger partial charge is 0.486 e. The third-order valence-corrected chi connectivity index (χ3v) is 6.47. The van der Waals surface area contributed by atoms with Crippen LogP contribution in [0.3, 0.4) is 0 Å². The van der Waals surface area contributed by atoms with E-state index in [4.69, 9.17) is 4.74 Å². The minimum Gasteiger partial charge on any atom is -0.486 e. The predicted molar refractivity (Wildman–Crippen MR) is 116 cm³/mol. The minimum atomic E-state index is -3.19. The van der Waals surface area contributed by atoms with Crippen LogP contribution in [0.15, 0.2) is 77.7 Å². The zero-order chi connectivity index (χ0) is 20.4. The van der Waals surface area contributed by atoms with Gasteiger partial charge in [0.05, 0.1) is 4.90 Å². The molecule has 4 rings (SSSR count). The summed E-state index contributed by atoms with van der Waals surface area (Å²) in [6.07, 6.45) is 2.17. The van der Waals surface area contributed by atoms with Crippen molar-refractivity contribution in [1.29, 1.82) is 0 Å². The second kappa shape index (κ2) is 8.01. The molecule has 3 aromatic rings. The van der Waals surface area contributed by atoms with Crippen molar-refractivity contribution in [3.8, 4) is 16.9 Å². The number of para-hydroxylation sites is 1. The van der Waals surface area contributed by atoms with E-state index in [2.05, 4.69) is 30.1 Å². The number of benzene rings is 3. The molecular formula is C24H25NO3S. The number of fused-ring (bicyclic) bond motifs is 1. The van der Waals surface area contributed by atoms with Gasteiger partial charge in [-0.05, 0) is 59.6 Å². The molecule has 0 N–H and O–H groups in total. The highest BCUT2D eigenvalue weighted by molar-refractivity contribution is 7.90.